The molecule has 0 aliphatic carbocycles. The summed E-state index contributed by atoms with van der Waals surface area (Å²) in [6, 6.07) is 16.1. The van der Waals surface area contributed by atoms with Crippen LogP contribution in [0, 0.1) is 11.8 Å². The second-order valence-corrected chi connectivity index (χ2v) is 13.6. The fourth-order valence-electron chi connectivity index (χ4n) is 5.30. The second kappa shape index (κ2) is 15.2. The largest absolute Gasteiger partial charge is 0.444 e. The van der Waals surface area contributed by atoms with Gasteiger partial charge in [-0.3, -0.25) is 14.6 Å². The highest BCUT2D eigenvalue weighted by Crippen LogP contribution is 2.30. The number of ether oxygens (including phenoxy) is 1. The fourth-order valence-corrected chi connectivity index (χ4v) is 6.18. The highest BCUT2D eigenvalue weighted by atomic mass is 32.2. The first-order valence-electron chi connectivity index (χ1n) is 15.7. The van der Waals surface area contributed by atoms with Crippen LogP contribution in [0.1, 0.15) is 84.3 Å². The third-order valence-electron chi connectivity index (χ3n) is 7.74. The zero-order valence-corrected chi connectivity index (χ0v) is 27.8. The minimum atomic E-state index is -0.488. The van der Waals surface area contributed by atoms with Gasteiger partial charge in [-0.15, -0.1) is 11.8 Å². The summed E-state index contributed by atoms with van der Waals surface area (Å²) in [7, 11) is 1.91. The number of aromatic nitrogens is 4. The Morgan fingerprint density at radius 3 is 2.54 bits per heavy atom. The highest BCUT2D eigenvalue weighted by Gasteiger charge is 2.27. The van der Waals surface area contributed by atoms with E-state index < -0.39 is 5.60 Å². The monoisotopic (exact) mass is 638 g/mol. The van der Waals surface area contributed by atoms with Crippen molar-refractivity contribution < 1.29 is 14.3 Å². The highest BCUT2D eigenvalue weighted by molar-refractivity contribution is 7.98. The molecule has 2 amide bonds. The van der Waals surface area contributed by atoms with E-state index in [1.807, 2.05) is 64.5 Å². The maximum absolute atomic E-state index is 13.0. The van der Waals surface area contributed by atoms with E-state index in [-0.39, 0.29) is 12.0 Å². The standard InChI is InChI=1S/C36H42N6O3S/c1-36(2,3)45-35(44)42-20-15-29(16-21-42)28-10-7-26(8-11-28)9-12-30-22-31(34(43)37-18-5-6-27-23-38-39-24-27)13-14-33(30)46-25-32-17-19-41(4)40-32/h7-8,10-11,13-14,17,19,22-24,29H,5-6,15-16,18,20-21,25H2,1-4H3,(H,37,43)(H,38,39). The molecule has 4 aromatic rings. The Kier molecular flexibility index (Phi) is 10.9. The van der Waals surface area contributed by atoms with E-state index in [0.29, 0.717) is 36.9 Å². The van der Waals surface area contributed by atoms with Crippen molar-refractivity contribution in [3.05, 3.63) is 101 Å². The average molecular weight is 639 g/mol. The van der Waals surface area contributed by atoms with Gasteiger partial charge in [0.2, 0.25) is 0 Å². The Labute approximate surface area is 275 Å². The van der Waals surface area contributed by atoms with E-state index in [9.17, 15) is 9.59 Å². The van der Waals surface area contributed by atoms with Crippen molar-refractivity contribution in [1.82, 2.24) is 30.2 Å². The van der Waals surface area contributed by atoms with Crippen molar-refractivity contribution in [2.45, 2.75) is 68.6 Å². The van der Waals surface area contributed by atoms with Crippen molar-refractivity contribution in [3.63, 3.8) is 0 Å². The van der Waals surface area contributed by atoms with Gasteiger partial charge < -0.3 is 15.0 Å². The van der Waals surface area contributed by atoms with E-state index >= 15 is 0 Å². The summed E-state index contributed by atoms with van der Waals surface area (Å²) in [6.45, 7) is 7.63. The van der Waals surface area contributed by atoms with E-state index in [4.69, 9.17) is 4.74 Å². The zero-order valence-electron chi connectivity index (χ0n) is 27.0. The second-order valence-electron chi connectivity index (χ2n) is 12.6. The number of carbonyl (C=O) groups excluding carboxylic acids is 2. The van der Waals surface area contributed by atoms with Crippen LogP contribution in [0.25, 0.3) is 0 Å². The molecule has 0 saturated carbocycles. The SMILES string of the molecule is Cn1ccc(CSc2ccc(C(=O)NCCCc3cn[nH]c3)cc2C#Cc2ccc(C3CCN(C(=O)OC(C)(C)C)CC3)cc2)n1. The number of rotatable bonds is 9. The van der Waals surface area contributed by atoms with E-state index in [1.54, 1.807) is 27.5 Å². The van der Waals surface area contributed by atoms with Gasteiger partial charge in [0.25, 0.3) is 5.91 Å². The lowest BCUT2D eigenvalue weighted by Gasteiger charge is -2.33. The number of aromatic amines is 1. The molecule has 0 radical (unpaired) electrons. The van der Waals surface area contributed by atoms with Crippen molar-refractivity contribution in [1.29, 1.82) is 0 Å². The first-order valence-corrected chi connectivity index (χ1v) is 16.7. The third kappa shape index (κ3) is 9.51. The van der Waals surface area contributed by atoms with Crippen molar-refractivity contribution in [2.75, 3.05) is 19.6 Å². The van der Waals surface area contributed by atoms with Gasteiger partial charge in [0, 0.05) is 66.4 Å². The van der Waals surface area contributed by atoms with Crippen LogP contribution in [0.2, 0.25) is 0 Å². The molecule has 2 aromatic heterocycles. The average Bonchev–Trinajstić information content (AvgIpc) is 3.72. The van der Waals surface area contributed by atoms with Gasteiger partial charge in [0.05, 0.1) is 11.9 Å². The van der Waals surface area contributed by atoms with Crippen molar-refractivity contribution in [3.8, 4) is 11.8 Å². The number of aryl methyl sites for hydroxylation is 2. The number of nitrogens with zero attached hydrogens (tertiary/aromatic N) is 4. The molecule has 10 heteroatoms. The van der Waals surface area contributed by atoms with E-state index in [2.05, 4.69) is 56.7 Å². The molecule has 1 fully saturated rings. The summed E-state index contributed by atoms with van der Waals surface area (Å²) in [5.41, 5.74) is 5.18. The summed E-state index contributed by atoms with van der Waals surface area (Å²) in [5.74, 6) is 7.65. The minimum absolute atomic E-state index is 0.112. The molecule has 0 atom stereocenters. The van der Waals surface area contributed by atoms with Gasteiger partial charge in [-0.2, -0.15) is 10.2 Å². The molecule has 1 aliphatic heterocycles. The molecule has 240 valence electrons. The molecular weight excluding hydrogens is 597 g/mol. The normalized spacial score (nSPS) is 13.6. The number of benzene rings is 2. The third-order valence-corrected chi connectivity index (χ3v) is 8.85. The zero-order chi connectivity index (χ0) is 32.5. The number of hydrogen-bond acceptors (Lipinski definition) is 6. The predicted octanol–water partition coefficient (Wildman–Crippen LogP) is 6.31. The number of hydrogen-bond donors (Lipinski definition) is 2. The minimum Gasteiger partial charge on any atom is -0.444 e. The van der Waals surface area contributed by atoms with Gasteiger partial charge in [-0.05, 0) is 99.9 Å². The lowest BCUT2D eigenvalue weighted by atomic mass is 9.89. The Balaban J connectivity index is 1.24. The summed E-state index contributed by atoms with van der Waals surface area (Å²) in [4.78, 5) is 28.3. The molecule has 3 heterocycles. The first-order chi connectivity index (χ1) is 22.1. The van der Waals surface area contributed by atoms with Gasteiger partial charge in [-0.25, -0.2) is 4.79 Å². The Bertz CT molecular complexity index is 1670. The lowest BCUT2D eigenvalue weighted by molar-refractivity contribution is 0.0204. The van der Waals surface area contributed by atoms with Gasteiger partial charge in [0.15, 0.2) is 0 Å². The summed E-state index contributed by atoms with van der Waals surface area (Å²) < 4.78 is 7.34. The molecule has 0 spiro atoms. The number of piperidine rings is 1. The number of amides is 2. The van der Waals surface area contributed by atoms with Crippen LogP contribution in [-0.4, -0.2) is 62.1 Å². The molecule has 0 unspecified atom stereocenters. The smallest absolute Gasteiger partial charge is 0.410 e. The number of carbonyl (C=O) groups is 2. The maximum Gasteiger partial charge on any atom is 0.410 e. The fraction of sp³-hybridized carbons (Fsp3) is 0.389. The van der Waals surface area contributed by atoms with E-state index in [1.165, 1.54) is 5.56 Å². The number of nitrogens with one attached hydrogen (secondary N) is 2. The van der Waals surface area contributed by atoms with E-state index in [0.717, 1.165) is 53.0 Å². The molecule has 2 N–H and O–H groups in total. The lowest BCUT2D eigenvalue weighted by Crippen LogP contribution is -2.41. The molecule has 1 aliphatic rings. The van der Waals surface area contributed by atoms with Crippen LogP contribution >= 0.6 is 11.8 Å². The molecule has 5 rings (SSSR count). The summed E-state index contributed by atoms with van der Waals surface area (Å²) in [6.07, 6.45) is 8.86. The predicted molar refractivity (Wildman–Crippen MR) is 181 cm³/mol. The van der Waals surface area contributed by atoms with Gasteiger partial charge in [-0.1, -0.05) is 24.0 Å². The molecule has 2 aromatic carbocycles. The molecule has 0 bridgehead atoms. The molecule has 1 saturated heterocycles. The van der Waals surface area contributed by atoms with Crippen molar-refractivity contribution in [2.24, 2.45) is 7.05 Å². The van der Waals surface area contributed by atoms with Crippen LogP contribution in [0.5, 0.6) is 0 Å². The Morgan fingerprint density at radius 2 is 1.87 bits per heavy atom. The maximum atomic E-state index is 13.0. The summed E-state index contributed by atoms with van der Waals surface area (Å²) in [5, 5.41) is 14.3. The van der Waals surface area contributed by atoms with Crippen LogP contribution in [-0.2, 0) is 24.0 Å². The van der Waals surface area contributed by atoms with Crippen molar-refractivity contribution >= 4 is 23.8 Å². The van der Waals surface area contributed by atoms with Crippen LogP contribution in [0.4, 0.5) is 4.79 Å². The quantitative estimate of drug-likeness (QED) is 0.126. The topological polar surface area (TPSA) is 105 Å². The number of thioether (sulfide) groups is 1. The Morgan fingerprint density at radius 1 is 1.09 bits per heavy atom. The van der Waals surface area contributed by atoms with Gasteiger partial charge >= 0.3 is 6.09 Å². The number of likely N-dealkylation sites (tertiary alicyclic amines) is 1. The molecule has 46 heavy (non-hydrogen) atoms. The molecule has 9 nitrogen and oxygen atoms in total. The summed E-state index contributed by atoms with van der Waals surface area (Å²) >= 11 is 1.66. The van der Waals surface area contributed by atoms with Gasteiger partial charge in [0.1, 0.15) is 5.60 Å². The van der Waals surface area contributed by atoms with Crippen LogP contribution < -0.4 is 5.32 Å². The van der Waals surface area contributed by atoms with Crippen LogP contribution in [0.15, 0.2) is 72.0 Å². The number of H-pyrrole nitrogens is 1. The first kappa shape index (κ1) is 32.9. The Hall–Kier alpha value is -4.49. The molecular formula is C36H42N6O3S. The van der Waals surface area contributed by atoms with Crippen LogP contribution in [0.3, 0.4) is 0 Å².